The molecule has 0 saturated carbocycles. The Morgan fingerprint density at radius 2 is 1.04 bits per heavy atom. The van der Waals surface area contributed by atoms with Crippen molar-refractivity contribution in [2.24, 2.45) is 0 Å². The summed E-state index contributed by atoms with van der Waals surface area (Å²) in [6.07, 6.45) is -0.334. The normalized spacial score (nSPS) is 12.1. The minimum absolute atomic E-state index is 0.0628. The van der Waals surface area contributed by atoms with Crippen LogP contribution in [0.5, 0.6) is 0 Å². The molecule has 0 rings (SSSR count). The van der Waals surface area contributed by atoms with Gasteiger partial charge in [-0.1, -0.05) is 0 Å². The number of unbranched alkanes of at least 4 members (excludes halogenated alkanes) is 1. The van der Waals surface area contributed by atoms with Gasteiger partial charge in [-0.2, -0.15) is 0 Å². The zero-order valence-electron chi connectivity index (χ0n) is 16.0. The first-order valence-corrected chi connectivity index (χ1v) is 8.18. The minimum atomic E-state index is -0.870. The Hall–Kier alpha value is -1.30. The summed E-state index contributed by atoms with van der Waals surface area (Å²) in [6, 6.07) is 0. The predicted molar refractivity (Wildman–Crippen MR) is 92.8 cm³/mol. The molecule has 158 valence electrons. The van der Waals surface area contributed by atoms with Crippen molar-refractivity contribution in [2.75, 3.05) is 40.6 Å². The highest BCUT2D eigenvalue weighted by molar-refractivity contribution is 5.67. The Labute approximate surface area is 154 Å². The summed E-state index contributed by atoms with van der Waals surface area (Å²) in [5.74, 6) is -1.74. The first kappa shape index (κ1) is 29.5. The van der Waals surface area contributed by atoms with Crippen molar-refractivity contribution < 1.29 is 49.0 Å². The van der Waals surface area contributed by atoms with Crippen molar-refractivity contribution in [3.8, 4) is 0 Å². The van der Waals surface area contributed by atoms with E-state index in [2.05, 4.69) is 9.47 Å². The molecular weight excluding hydrogens is 352 g/mol. The number of aliphatic hydroxyl groups is 2. The minimum Gasteiger partial charge on any atom is -0.481 e. The van der Waals surface area contributed by atoms with Crippen molar-refractivity contribution in [3.05, 3.63) is 0 Å². The molecule has 2 atom stereocenters. The summed E-state index contributed by atoms with van der Waals surface area (Å²) in [5, 5.41) is 33.3. The van der Waals surface area contributed by atoms with Crippen molar-refractivity contribution in [3.63, 3.8) is 0 Å². The Balaban J connectivity index is -0.000000308. The van der Waals surface area contributed by atoms with Crippen LogP contribution in [0, 0.1) is 0 Å². The average molecular weight is 386 g/mol. The van der Waals surface area contributed by atoms with Crippen LogP contribution in [-0.4, -0.2) is 85.6 Å². The van der Waals surface area contributed by atoms with Crippen LogP contribution >= 0.6 is 0 Å². The maximum atomic E-state index is 9.90. The molecule has 0 aliphatic carbocycles. The van der Waals surface area contributed by atoms with Gasteiger partial charge in [0.1, 0.15) is 0 Å². The molecule has 0 spiro atoms. The van der Waals surface area contributed by atoms with Crippen LogP contribution in [0.3, 0.4) is 0 Å². The maximum Gasteiger partial charge on any atom is 0.303 e. The number of ether oxygens (including phenoxy) is 4. The van der Waals surface area contributed by atoms with Crippen LogP contribution in [-0.2, 0) is 28.5 Å². The summed E-state index contributed by atoms with van der Waals surface area (Å²) in [5.41, 5.74) is 0. The number of rotatable bonds is 13. The molecule has 0 aliphatic rings. The molecule has 0 amide bonds. The molecule has 0 heterocycles. The van der Waals surface area contributed by atoms with E-state index in [1.807, 2.05) is 0 Å². The molecule has 0 fully saturated rings. The fraction of sp³-hybridized carbons (Fsp3) is 0.875. The summed E-state index contributed by atoms with van der Waals surface area (Å²) in [4.78, 5) is 19.8. The van der Waals surface area contributed by atoms with Gasteiger partial charge in [0, 0.05) is 27.1 Å². The first-order chi connectivity index (χ1) is 12.2. The van der Waals surface area contributed by atoms with Crippen LogP contribution in [0.15, 0.2) is 0 Å². The van der Waals surface area contributed by atoms with Crippen molar-refractivity contribution in [1.82, 2.24) is 0 Å². The third-order valence-electron chi connectivity index (χ3n) is 2.32. The highest BCUT2D eigenvalue weighted by Gasteiger charge is 1.99. The Kier molecular flexibility index (Phi) is 26.9. The lowest BCUT2D eigenvalue weighted by atomic mass is 10.2. The molecule has 0 aromatic heterocycles. The van der Waals surface area contributed by atoms with Gasteiger partial charge in [0.15, 0.2) is 12.6 Å². The van der Waals surface area contributed by atoms with Gasteiger partial charge in [-0.15, -0.1) is 0 Å². The second-order valence-electron chi connectivity index (χ2n) is 4.92. The third-order valence-corrected chi connectivity index (χ3v) is 2.32. The predicted octanol–water partition coefficient (Wildman–Crippen LogP) is 0.691. The monoisotopic (exact) mass is 386 g/mol. The Morgan fingerprint density at radius 3 is 1.23 bits per heavy atom. The van der Waals surface area contributed by atoms with E-state index in [4.69, 9.17) is 29.9 Å². The summed E-state index contributed by atoms with van der Waals surface area (Å²) in [7, 11) is 3.18. The van der Waals surface area contributed by atoms with Crippen LogP contribution in [0.2, 0.25) is 0 Å². The fourth-order valence-corrected chi connectivity index (χ4v) is 1.16. The van der Waals surface area contributed by atoms with E-state index < -0.39 is 24.5 Å². The number of methoxy groups -OCH3 is 2. The van der Waals surface area contributed by atoms with Gasteiger partial charge in [-0.25, -0.2) is 0 Å². The van der Waals surface area contributed by atoms with E-state index in [1.165, 1.54) is 0 Å². The first-order valence-electron chi connectivity index (χ1n) is 8.18. The molecule has 0 radical (unpaired) electrons. The molecular formula is C16H34O10. The molecule has 0 aromatic rings. The average Bonchev–Trinajstić information content (AvgIpc) is 2.52. The van der Waals surface area contributed by atoms with Crippen LogP contribution in [0.25, 0.3) is 0 Å². The van der Waals surface area contributed by atoms with E-state index in [9.17, 15) is 9.59 Å². The number of carboxylic acids is 2. The second kappa shape index (κ2) is 23.7. The lowest BCUT2D eigenvalue weighted by molar-refractivity contribution is -0.139. The largest absolute Gasteiger partial charge is 0.481 e. The van der Waals surface area contributed by atoms with Crippen molar-refractivity contribution in [2.45, 2.75) is 52.1 Å². The number of hydrogen-bond donors (Lipinski definition) is 4. The van der Waals surface area contributed by atoms with Gasteiger partial charge in [0.25, 0.3) is 0 Å². The van der Waals surface area contributed by atoms with Gasteiger partial charge in [0.2, 0.25) is 0 Å². The van der Waals surface area contributed by atoms with Crippen molar-refractivity contribution in [1.29, 1.82) is 0 Å². The topological polar surface area (TPSA) is 152 Å². The fourth-order valence-electron chi connectivity index (χ4n) is 1.16. The molecule has 0 aliphatic heterocycles. The molecule has 2 unspecified atom stereocenters. The zero-order chi connectivity index (χ0) is 20.8. The quantitative estimate of drug-likeness (QED) is 0.263. The van der Waals surface area contributed by atoms with E-state index >= 15 is 0 Å². The lowest BCUT2D eigenvalue weighted by Crippen LogP contribution is -2.10. The molecule has 10 nitrogen and oxygen atoms in total. The molecule has 10 heteroatoms. The molecule has 0 saturated heterocycles. The summed E-state index contributed by atoms with van der Waals surface area (Å²) < 4.78 is 18.7. The zero-order valence-corrected chi connectivity index (χ0v) is 16.0. The number of aliphatic hydroxyl groups excluding tert-OH is 2. The van der Waals surface area contributed by atoms with E-state index in [0.29, 0.717) is 39.3 Å². The number of hydrogen-bond acceptors (Lipinski definition) is 8. The van der Waals surface area contributed by atoms with E-state index in [-0.39, 0.29) is 12.8 Å². The van der Waals surface area contributed by atoms with Gasteiger partial charge in [0.05, 0.1) is 26.4 Å². The lowest BCUT2D eigenvalue weighted by Gasteiger charge is -2.03. The highest BCUT2D eigenvalue weighted by Crippen LogP contribution is 1.98. The van der Waals surface area contributed by atoms with Gasteiger partial charge < -0.3 is 39.4 Å². The van der Waals surface area contributed by atoms with Crippen LogP contribution < -0.4 is 0 Å². The maximum absolute atomic E-state index is 9.90. The smallest absolute Gasteiger partial charge is 0.303 e. The SMILES string of the molecule is COCCOC(C)O.COCCOC(C)O.O=C(O)CCCCC(=O)O. The van der Waals surface area contributed by atoms with Gasteiger partial charge in [-0.05, 0) is 26.7 Å². The summed E-state index contributed by atoms with van der Waals surface area (Å²) in [6.45, 7) is 5.10. The van der Waals surface area contributed by atoms with E-state index in [0.717, 1.165) is 0 Å². The second-order valence-corrected chi connectivity index (χ2v) is 4.92. The molecule has 4 N–H and O–H groups in total. The van der Waals surface area contributed by atoms with Crippen LogP contribution in [0.4, 0.5) is 0 Å². The Morgan fingerprint density at radius 1 is 0.731 bits per heavy atom. The molecule has 26 heavy (non-hydrogen) atoms. The molecule has 0 bridgehead atoms. The molecule has 0 aromatic carbocycles. The van der Waals surface area contributed by atoms with Crippen LogP contribution in [0.1, 0.15) is 39.5 Å². The number of carbonyl (C=O) groups is 2. The number of carboxylic acid groups (broad SMARTS) is 2. The Bertz CT molecular complexity index is 277. The number of aliphatic carboxylic acids is 2. The highest BCUT2D eigenvalue weighted by atomic mass is 16.6. The van der Waals surface area contributed by atoms with Crippen molar-refractivity contribution >= 4 is 11.9 Å². The summed E-state index contributed by atoms with van der Waals surface area (Å²) >= 11 is 0. The third kappa shape index (κ3) is 43.4. The van der Waals surface area contributed by atoms with E-state index in [1.54, 1.807) is 28.1 Å². The van der Waals surface area contributed by atoms with Gasteiger partial charge >= 0.3 is 11.9 Å². The standard InChI is InChI=1S/C6H10O4.2C5H12O3/c7-5(8)3-1-2-4-6(9)10;2*1-5(6)8-4-3-7-2/h1-4H2,(H,7,8)(H,9,10);2*5-6H,3-4H2,1-2H3. The van der Waals surface area contributed by atoms with Gasteiger partial charge in [-0.3, -0.25) is 9.59 Å².